The second-order valence-electron chi connectivity index (χ2n) is 3.96. The SMILES string of the molecule is Cc1cccc(Nc2c(N)cncc2Br)c1C. The average Bonchev–Trinajstić information content (AvgIpc) is 2.29. The van der Waals surface area contributed by atoms with Gasteiger partial charge < -0.3 is 11.1 Å². The Balaban J connectivity index is 2.42. The average molecular weight is 292 g/mol. The van der Waals surface area contributed by atoms with Gasteiger partial charge in [-0.15, -0.1) is 0 Å². The molecule has 17 heavy (non-hydrogen) atoms. The molecule has 0 unspecified atom stereocenters. The lowest BCUT2D eigenvalue weighted by molar-refractivity contribution is 1.29. The van der Waals surface area contributed by atoms with E-state index in [1.165, 1.54) is 11.1 Å². The first-order valence-electron chi connectivity index (χ1n) is 5.32. The fraction of sp³-hybridized carbons (Fsp3) is 0.154. The second kappa shape index (κ2) is 4.75. The quantitative estimate of drug-likeness (QED) is 0.885. The first-order valence-corrected chi connectivity index (χ1v) is 6.11. The summed E-state index contributed by atoms with van der Waals surface area (Å²) in [6.07, 6.45) is 3.36. The van der Waals surface area contributed by atoms with Crippen LogP contribution in [-0.2, 0) is 0 Å². The van der Waals surface area contributed by atoms with E-state index in [4.69, 9.17) is 5.73 Å². The van der Waals surface area contributed by atoms with E-state index in [1.807, 2.05) is 12.1 Å². The number of hydrogen-bond acceptors (Lipinski definition) is 3. The zero-order chi connectivity index (χ0) is 12.4. The number of nitrogens with zero attached hydrogens (tertiary/aromatic N) is 1. The van der Waals surface area contributed by atoms with Gasteiger partial charge in [-0.1, -0.05) is 12.1 Å². The number of halogens is 1. The van der Waals surface area contributed by atoms with Gasteiger partial charge in [-0.25, -0.2) is 0 Å². The Morgan fingerprint density at radius 3 is 2.71 bits per heavy atom. The molecule has 1 heterocycles. The van der Waals surface area contributed by atoms with Crippen LogP contribution in [0.15, 0.2) is 35.1 Å². The van der Waals surface area contributed by atoms with E-state index in [2.05, 4.69) is 46.1 Å². The van der Waals surface area contributed by atoms with Gasteiger partial charge in [0, 0.05) is 11.9 Å². The molecule has 4 heteroatoms. The monoisotopic (exact) mass is 291 g/mol. The molecule has 0 spiro atoms. The van der Waals surface area contributed by atoms with Crippen LogP contribution in [-0.4, -0.2) is 4.98 Å². The number of hydrogen-bond donors (Lipinski definition) is 2. The third-order valence-electron chi connectivity index (χ3n) is 2.79. The molecule has 0 aliphatic heterocycles. The standard InChI is InChI=1S/C13H14BrN3/c1-8-4-3-5-12(9(8)2)17-13-10(14)6-16-7-11(13)15/h3-7H,15H2,1-2H3,(H,16,17). The summed E-state index contributed by atoms with van der Waals surface area (Å²) in [6.45, 7) is 4.18. The van der Waals surface area contributed by atoms with Gasteiger partial charge in [0.05, 0.1) is 22.0 Å². The molecule has 0 aliphatic rings. The van der Waals surface area contributed by atoms with Crippen molar-refractivity contribution in [3.05, 3.63) is 46.2 Å². The number of pyridine rings is 1. The number of anilines is 3. The summed E-state index contributed by atoms with van der Waals surface area (Å²) in [5.41, 5.74) is 10.9. The summed E-state index contributed by atoms with van der Waals surface area (Å²) in [5.74, 6) is 0. The molecule has 0 bridgehead atoms. The Bertz CT molecular complexity index is 532. The maximum absolute atomic E-state index is 5.90. The van der Waals surface area contributed by atoms with Crippen LogP contribution in [0.25, 0.3) is 0 Å². The maximum Gasteiger partial charge on any atom is 0.0794 e. The zero-order valence-electron chi connectivity index (χ0n) is 9.79. The lowest BCUT2D eigenvalue weighted by Gasteiger charge is -2.14. The van der Waals surface area contributed by atoms with Crippen LogP contribution in [0.3, 0.4) is 0 Å². The van der Waals surface area contributed by atoms with Crippen molar-refractivity contribution in [2.24, 2.45) is 0 Å². The number of nitrogens with one attached hydrogen (secondary N) is 1. The van der Waals surface area contributed by atoms with Crippen LogP contribution < -0.4 is 11.1 Å². The Morgan fingerprint density at radius 2 is 2.00 bits per heavy atom. The maximum atomic E-state index is 5.90. The van der Waals surface area contributed by atoms with Crippen LogP contribution in [0.5, 0.6) is 0 Å². The summed E-state index contributed by atoms with van der Waals surface area (Å²) < 4.78 is 0.860. The van der Waals surface area contributed by atoms with E-state index in [-0.39, 0.29) is 0 Å². The van der Waals surface area contributed by atoms with E-state index in [1.54, 1.807) is 12.4 Å². The summed E-state index contributed by atoms with van der Waals surface area (Å²) in [5, 5.41) is 3.34. The first-order chi connectivity index (χ1) is 8.09. The minimum absolute atomic E-state index is 0.625. The van der Waals surface area contributed by atoms with E-state index < -0.39 is 0 Å². The zero-order valence-corrected chi connectivity index (χ0v) is 11.4. The van der Waals surface area contributed by atoms with E-state index >= 15 is 0 Å². The molecule has 0 saturated carbocycles. The van der Waals surface area contributed by atoms with Gasteiger partial charge in [-0.2, -0.15) is 0 Å². The van der Waals surface area contributed by atoms with Crippen LogP contribution in [0.4, 0.5) is 17.1 Å². The van der Waals surface area contributed by atoms with Crippen molar-refractivity contribution in [3.63, 3.8) is 0 Å². The van der Waals surface area contributed by atoms with Crippen molar-refractivity contribution in [2.75, 3.05) is 11.1 Å². The minimum Gasteiger partial charge on any atom is -0.396 e. The summed E-state index contributed by atoms with van der Waals surface area (Å²) in [6, 6.07) is 6.15. The Kier molecular flexibility index (Phi) is 3.33. The molecular formula is C13H14BrN3. The summed E-state index contributed by atoms with van der Waals surface area (Å²) in [7, 11) is 0. The molecular weight excluding hydrogens is 278 g/mol. The predicted octanol–water partition coefficient (Wildman–Crippen LogP) is 3.79. The highest BCUT2D eigenvalue weighted by atomic mass is 79.9. The molecule has 1 aromatic carbocycles. The molecule has 0 radical (unpaired) electrons. The molecule has 2 rings (SSSR count). The van der Waals surface area contributed by atoms with Gasteiger partial charge in [0.15, 0.2) is 0 Å². The lowest BCUT2D eigenvalue weighted by atomic mass is 10.1. The molecule has 2 aromatic rings. The predicted molar refractivity (Wildman–Crippen MR) is 75.5 cm³/mol. The molecule has 1 aromatic heterocycles. The van der Waals surface area contributed by atoms with Gasteiger partial charge in [0.2, 0.25) is 0 Å². The molecule has 0 atom stereocenters. The largest absolute Gasteiger partial charge is 0.396 e. The fourth-order valence-electron chi connectivity index (χ4n) is 1.60. The molecule has 0 amide bonds. The Labute approximate surface area is 109 Å². The number of benzene rings is 1. The third kappa shape index (κ3) is 2.42. The van der Waals surface area contributed by atoms with Gasteiger partial charge in [-0.05, 0) is 47.0 Å². The van der Waals surface area contributed by atoms with Crippen molar-refractivity contribution in [3.8, 4) is 0 Å². The highest BCUT2D eigenvalue weighted by Gasteiger charge is 2.07. The van der Waals surface area contributed by atoms with Gasteiger partial charge in [0.25, 0.3) is 0 Å². The topological polar surface area (TPSA) is 50.9 Å². The van der Waals surface area contributed by atoms with Crippen LogP contribution in [0.1, 0.15) is 11.1 Å². The van der Waals surface area contributed by atoms with E-state index in [0.717, 1.165) is 15.8 Å². The molecule has 88 valence electrons. The number of nitrogen functional groups attached to an aromatic ring is 1. The second-order valence-corrected chi connectivity index (χ2v) is 4.81. The van der Waals surface area contributed by atoms with Gasteiger partial charge in [-0.3, -0.25) is 4.98 Å². The lowest BCUT2D eigenvalue weighted by Crippen LogP contribution is -2.00. The van der Waals surface area contributed by atoms with Gasteiger partial charge in [0.1, 0.15) is 0 Å². The van der Waals surface area contributed by atoms with Crippen molar-refractivity contribution < 1.29 is 0 Å². The van der Waals surface area contributed by atoms with Gasteiger partial charge >= 0.3 is 0 Å². The van der Waals surface area contributed by atoms with Crippen molar-refractivity contribution in [1.29, 1.82) is 0 Å². The van der Waals surface area contributed by atoms with Crippen LogP contribution in [0, 0.1) is 13.8 Å². The fourth-order valence-corrected chi connectivity index (χ4v) is 2.05. The molecule has 0 saturated heterocycles. The number of rotatable bonds is 2. The highest BCUT2D eigenvalue weighted by molar-refractivity contribution is 9.10. The minimum atomic E-state index is 0.625. The van der Waals surface area contributed by atoms with E-state index in [9.17, 15) is 0 Å². The Morgan fingerprint density at radius 1 is 1.24 bits per heavy atom. The Hall–Kier alpha value is -1.55. The van der Waals surface area contributed by atoms with Crippen LogP contribution in [0.2, 0.25) is 0 Å². The molecule has 3 N–H and O–H groups in total. The normalized spacial score (nSPS) is 10.3. The number of aromatic nitrogens is 1. The van der Waals surface area contributed by atoms with Crippen LogP contribution >= 0.6 is 15.9 Å². The van der Waals surface area contributed by atoms with E-state index in [0.29, 0.717) is 5.69 Å². The first kappa shape index (κ1) is 11.9. The molecule has 0 aliphatic carbocycles. The molecule has 0 fully saturated rings. The smallest absolute Gasteiger partial charge is 0.0794 e. The number of aryl methyl sites for hydroxylation is 1. The number of nitrogens with two attached hydrogens (primary N) is 1. The highest BCUT2D eigenvalue weighted by Crippen LogP contribution is 2.31. The van der Waals surface area contributed by atoms with Crippen molar-refractivity contribution in [1.82, 2.24) is 4.98 Å². The summed E-state index contributed by atoms with van der Waals surface area (Å²) in [4.78, 5) is 4.01. The van der Waals surface area contributed by atoms with Crippen molar-refractivity contribution >= 4 is 33.0 Å². The third-order valence-corrected chi connectivity index (χ3v) is 3.39. The van der Waals surface area contributed by atoms with Crippen molar-refractivity contribution in [2.45, 2.75) is 13.8 Å². The molecule has 3 nitrogen and oxygen atoms in total. The summed E-state index contributed by atoms with van der Waals surface area (Å²) >= 11 is 3.44.